The van der Waals surface area contributed by atoms with Crippen LogP contribution in [-0.2, 0) is 20.8 Å². The van der Waals surface area contributed by atoms with Crippen LogP contribution in [0.1, 0.15) is 17.0 Å². The number of carbonyl (C=O) groups excluding carboxylic acids is 2. The van der Waals surface area contributed by atoms with Gasteiger partial charge in [-0.2, -0.15) is 0 Å². The van der Waals surface area contributed by atoms with E-state index in [2.05, 4.69) is 19.9 Å². The predicted molar refractivity (Wildman–Crippen MR) is 118 cm³/mol. The topological polar surface area (TPSA) is 221 Å². The fraction of sp³-hybridized carbons (Fsp3) is 0.0952. The van der Waals surface area contributed by atoms with Gasteiger partial charge in [0, 0.05) is 12.4 Å². The second-order valence-electron chi connectivity index (χ2n) is 6.11. The van der Waals surface area contributed by atoms with Crippen molar-refractivity contribution in [2.75, 3.05) is 0 Å². The largest absolute Gasteiger partial charge is 2.00 e. The van der Waals surface area contributed by atoms with E-state index in [0.717, 1.165) is 17.7 Å². The maximum atomic E-state index is 10.4. The molecular formula is C21H21N5O7Se. The molecule has 0 bridgehead atoms. The number of phenolic OH excluding ortho intramolecular Hbond substituents is 1. The van der Waals surface area contributed by atoms with Crippen LogP contribution in [0.25, 0.3) is 12.2 Å². The first-order valence-electron chi connectivity index (χ1n) is 9.19. The van der Waals surface area contributed by atoms with Crippen LogP contribution in [0.2, 0.25) is 0 Å². The number of aliphatic carboxylic acids is 3. The van der Waals surface area contributed by atoms with Gasteiger partial charge < -0.3 is 45.7 Å². The zero-order chi connectivity index (χ0) is 24.6. The minimum atomic E-state index is -1.22. The van der Waals surface area contributed by atoms with Crippen LogP contribution >= 0.6 is 0 Å². The molecule has 0 aliphatic rings. The first-order chi connectivity index (χ1) is 15.7. The molecule has 0 saturated carbocycles. The van der Waals surface area contributed by atoms with Gasteiger partial charge in [-0.05, 0) is 48.4 Å². The minimum Gasteiger partial charge on any atom is -0.545 e. The number of carboxylic acid groups (broad SMARTS) is 3. The van der Waals surface area contributed by atoms with Crippen molar-refractivity contribution in [1.29, 1.82) is 0 Å². The molecule has 12 nitrogen and oxygen atoms in total. The molecule has 1 atom stereocenters. The summed E-state index contributed by atoms with van der Waals surface area (Å²) in [7, 11) is 0. The molecule has 178 valence electrons. The number of benzene rings is 1. The molecule has 1 aromatic carbocycles. The van der Waals surface area contributed by atoms with E-state index in [4.69, 9.17) is 15.9 Å². The smallest absolute Gasteiger partial charge is 0.545 e. The van der Waals surface area contributed by atoms with Crippen molar-refractivity contribution in [3.63, 3.8) is 0 Å². The molecule has 0 amide bonds. The molecule has 0 fully saturated rings. The Bertz CT molecular complexity index is 996. The van der Waals surface area contributed by atoms with Gasteiger partial charge in [-0.3, -0.25) is 4.79 Å². The van der Waals surface area contributed by atoms with Gasteiger partial charge >= 0.3 is 23.0 Å². The van der Waals surface area contributed by atoms with Crippen LogP contribution in [0.15, 0.2) is 61.5 Å². The van der Waals surface area contributed by atoms with Crippen molar-refractivity contribution >= 4 is 47.1 Å². The number of phenols is 1. The van der Waals surface area contributed by atoms with Crippen LogP contribution in [-0.4, -0.2) is 71.2 Å². The van der Waals surface area contributed by atoms with Crippen molar-refractivity contribution in [2.24, 2.45) is 5.73 Å². The molecule has 0 spiro atoms. The Kier molecular flexibility index (Phi) is 14.4. The monoisotopic (exact) mass is 535 g/mol. The molecule has 3 rings (SSSR count). The number of carboxylic acids is 3. The van der Waals surface area contributed by atoms with Crippen LogP contribution in [0.4, 0.5) is 0 Å². The third kappa shape index (κ3) is 14.0. The maximum Gasteiger partial charge on any atom is 2.00 e. The fourth-order valence-corrected chi connectivity index (χ4v) is 2.01. The van der Waals surface area contributed by atoms with Crippen molar-refractivity contribution in [1.82, 2.24) is 19.9 Å². The van der Waals surface area contributed by atoms with Crippen molar-refractivity contribution < 1.29 is 34.8 Å². The first kappa shape index (κ1) is 29.8. The number of nitrogens with one attached hydrogen (secondary N) is 2. The predicted octanol–water partition coefficient (Wildman–Crippen LogP) is -1.69. The van der Waals surface area contributed by atoms with Crippen LogP contribution in [0, 0.1) is 0 Å². The summed E-state index contributed by atoms with van der Waals surface area (Å²) in [5.41, 5.74) is 7.27. The van der Waals surface area contributed by atoms with E-state index in [1.165, 1.54) is 36.9 Å². The Labute approximate surface area is 204 Å². The second kappa shape index (κ2) is 16.4. The van der Waals surface area contributed by atoms with Gasteiger partial charge in [0.15, 0.2) is 0 Å². The number of hydrogen-bond donors (Lipinski definition) is 5. The number of aromatic amines is 2. The molecule has 0 aliphatic carbocycles. The molecular weight excluding hydrogens is 513 g/mol. The quantitative estimate of drug-likeness (QED) is 0.171. The van der Waals surface area contributed by atoms with Gasteiger partial charge in [-0.1, -0.05) is 12.1 Å². The summed E-state index contributed by atoms with van der Waals surface area (Å²) in [6.45, 7) is 0. The van der Waals surface area contributed by atoms with Crippen molar-refractivity contribution in [3.8, 4) is 5.75 Å². The number of nitrogens with two attached hydrogens (primary N) is 1. The van der Waals surface area contributed by atoms with E-state index >= 15 is 0 Å². The normalized spacial score (nSPS) is 10.9. The molecule has 4 radical (unpaired) electrons. The minimum absolute atomic E-state index is 0. The third-order valence-electron chi connectivity index (χ3n) is 3.53. The molecule has 0 unspecified atom stereocenters. The van der Waals surface area contributed by atoms with Gasteiger partial charge in [0.05, 0.1) is 36.0 Å². The molecule has 13 heteroatoms. The van der Waals surface area contributed by atoms with Gasteiger partial charge in [0.2, 0.25) is 0 Å². The number of imidazole rings is 2. The van der Waals surface area contributed by atoms with E-state index in [1.807, 2.05) is 0 Å². The summed E-state index contributed by atoms with van der Waals surface area (Å²) >= 11 is 0. The number of nitrogens with zero attached hydrogens (tertiary/aromatic N) is 2. The summed E-state index contributed by atoms with van der Waals surface area (Å²) in [5, 5.41) is 37.2. The van der Waals surface area contributed by atoms with Gasteiger partial charge in [0.1, 0.15) is 11.8 Å². The average molecular weight is 534 g/mol. The SMILES string of the molecule is N[C@@H](Cc1ccc(O)cc1)C(=O)O.O=C([O-])C=Cc1c[nH]cn1.O=C([O-])C=Cc1c[nH]cn1.[Se+2]. The summed E-state index contributed by atoms with van der Waals surface area (Å²) in [6, 6.07) is 5.42. The average Bonchev–Trinajstić information content (AvgIpc) is 3.47. The van der Waals surface area contributed by atoms with Gasteiger partial charge in [0.25, 0.3) is 0 Å². The molecule has 3 aromatic rings. The molecule has 0 saturated heterocycles. The van der Waals surface area contributed by atoms with E-state index in [-0.39, 0.29) is 29.2 Å². The summed E-state index contributed by atoms with van der Waals surface area (Å²) in [6.07, 6.45) is 10.9. The zero-order valence-corrected chi connectivity index (χ0v) is 19.2. The van der Waals surface area contributed by atoms with Crippen LogP contribution in [0.3, 0.4) is 0 Å². The number of aromatic nitrogens is 4. The Hall–Kier alpha value is -4.19. The van der Waals surface area contributed by atoms with E-state index in [0.29, 0.717) is 11.4 Å². The molecule has 2 aromatic heterocycles. The van der Waals surface area contributed by atoms with E-state index in [9.17, 15) is 24.6 Å². The van der Waals surface area contributed by atoms with Crippen LogP contribution < -0.4 is 15.9 Å². The molecule has 6 N–H and O–H groups in total. The van der Waals surface area contributed by atoms with E-state index < -0.39 is 23.9 Å². The van der Waals surface area contributed by atoms with Gasteiger partial charge in [-0.15, -0.1) is 0 Å². The number of H-pyrrole nitrogens is 2. The summed E-state index contributed by atoms with van der Waals surface area (Å²) in [5.74, 6) is -3.30. The Morgan fingerprint density at radius 2 is 1.38 bits per heavy atom. The summed E-state index contributed by atoms with van der Waals surface area (Å²) < 4.78 is 0. The van der Waals surface area contributed by atoms with Crippen LogP contribution in [0.5, 0.6) is 5.75 Å². The number of hydrogen-bond acceptors (Lipinski definition) is 9. The Morgan fingerprint density at radius 3 is 1.71 bits per heavy atom. The number of aromatic hydroxyl groups is 1. The van der Waals surface area contributed by atoms with Gasteiger partial charge in [-0.25, -0.2) is 9.97 Å². The fourth-order valence-electron chi connectivity index (χ4n) is 2.01. The molecule has 2 heterocycles. The number of carbonyl (C=O) groups is 3. The van der Waals surface area contributed by atoms with Crippen molar-refractivity contribution in [2.45, 2.75) is 12.5 Å². The van der Waals surface area contributed by atoms with Crippen molar-refractivity contribution in [3.05, 3.63) is 78.4 Å². The molecule has 0 aliphatic heterocycles. The Balaban J connectivity index is 0.000000479. The zero-order valence-electron chi connectivity index (χ0n) is 17.5. The second-order valence-corrected chi connectivity index (χ2v) is 6.11. The third-order valence-corrected chi connectivity index (χ3v) is 3.53. The standard InChI is InChI=1S/C9H11NO3.2C6H6N2O2.Se/c10-8(9(12)13)5-6-1-3-7(11)4-2-6;2*9-6(10)2-1-5-3-7-4-8-5;/h1-4,8,11H,5,10H2,(H,12,13);2*1-4H,(H,7,8)(H,9,10);/q;;;+2/p-2/t8-;;;/m0.../s1. The van der Waals surface area contributed by atoms with E-state index in [1.54, 1.807) is 24.5 Å². The maximum absolute atomic E-state index is 10.4. The summed E-state index contributed by atoms with van der Waals surface area (Å²) in [4.78, 5) is 43.0. The number of rotatable bonds is 7. The Morgan fingerprint density at radius 1 is 0.941 bits per heavy atom. The molecule has 34 heavy (non-hydrogen) atoms. The first-order valence-corrected chi connectivity index (χ1v) is 9.19.